The molecule has 0 aliphatic carbocycles. The van der Waals surface area contributed by atoms with Crippen molar-refractivity contribution in [1.82, 2.24) is 10.1 Å². The Bertz CT molecular complexity index is 380. The third-order valence-electron chi connectivity index (χ3n) is 3.30. The number of aromatic nitrogens is 2. The average Bonchev–Trinajstić information content (AvgIpc) is 2.79. The molecule has 1 fully saturated rings. The largest absolute Gasteiger partial charge is 0.381 e. The molecule has 0 amide bonds. The molecule has 102 valence electrons. The summed E-state index contributed by atoms with van der Waals surface area (Å²) in [4.78, 5) is 4.41. The van der Waals surface area contributed by atoms with Crippen molar-refractivity contribution in [1.29, 1.82) is 0 Å². The number of ether oxygens (including phenoxy) is 2. The molecule has 0 bridgehead atoms. The Morgan fingerprint density at radius 3 is 2.83 bits per heavy atom. The summed E-state index contributed by atoms with van der Waals surface area (Å²) >= 11 is 0. The second-order valence-electron chi connectivity index (χ2n) is 5.03. The Balaban J connectivity index is 2.14. The molecule has 2 N–H and O–H groups in total. The van der Waals surface area contributed by atoms with E-state index in [1.165, 1.54) is 0 Å². The average molecular weight is 255 g/mol. The van der Waals surface area contributed by atoms with Crippen molar-refractivity contribution in [3.05, 3.63) is 11.7 Å². The molecular formula is C12H21N3O3. The van der Waals surface area contributed by atoms with Crippen LogP contribution in [0.3, 0.4) is 0 Å². The smallest absolute Gasteiger partial charge is 0.233 e. The highest BCUT2D eigenvalue weighted by atomic mass is 16.5. The second kappa shape index (κ2) is 5.77. The van der Waals surface area contributed by atoms with Crippen LogP contribution in [0.2, 0.25) is 0 Å². The Morgan fingerprint density at radius 2 is 2.22 bits per heavy atom. The zero-order valence-corrected chi connectivity index (χ0v) is 11.1. The lowest BCUT2D eigenvalue weighted by atomic mass is 9.97. The second-order valence-corrected chi connectivity index (χ2v) is 5.03. The number of rotatable bonds is 4. The molecule has 0 saturated carbocycles. The van der Waals surface area contributed by atoms with E-state index >= 15 is 0 Å². The first-order valence-electron chi connectivity index (χ1n) is 6.33. The van der Waals surface area contributed by atoms with E-state index in [0.29, 0.717) is 24.9 Å². The van der Waals surface area contributed by atoms with Gasteiger partial charge in [-0.2, -0.15) is 4.98 Å². The minimum absolute atomic E-state index is 0.00957. The third kappa shape index (κ3) is 2.71. The molecule has 3 unspecified atom stereocenters. The highest BCUT2D eigenvalue weighted by Gasteiger charge is 2.30. The van der Waals surface area contributed by atoms with Crippen molar-refractivity contribution in [2.75, 3.05) is 20.3 Å². The Kier molecular flexibility index (Phi) is 4.31. The molecule has 6 heteroatoms. The van der Waals surface area contributed by atoms with Gasteiger partial charge in [-0.3, -0.25) is 0 Å². The molecule has 1 saturated heterocycles. The maximum atomic E-state index is 6.05. The molecule has 2 rings (SSSR count). The zero-order valence-electron chi connectivity index (χ0n) is 11.1. The van der Waals surface area contributed by atoms with E-state index in [2.05, 4.69) is 24.0 Å². The van der Waals surface area contributed by atoms with Crippen LogP contribution in [0.5, 0.6) is 0 Å². The standard InChI is InChI=1S/C12H21N3O3/c1-7(2)10(16-3)11-14-12(18-15-11)8-6-17-5-4-9(8)13/h7-10H,4-6,13H2,1-3H3. The van der Waals surface area contributed by atoms with Crippen LogP contribution in [-0.2, 0) is 9.47 Å². The van der Waals surface area contributed by atoms with Crippen LogP contribution in [0.4, 0.5) is 0 Å². The van der Waals surface area contributed by atoms with Crippen LogP contribution in [0.1, 0.15) is 44.0 Å². The lowest BCUT2D eigenvalue weighted by Gasteiger charge is -2.25. The summed E-state index contributed by atoms with van der Waals surface area (Å²) in [5.74, 6) is 1.42. The molecule has 1 aromatic heterocycles. The Morgan fingerprint density at radius 1 is 1.44 bits per heavy atom. The third-order valence-corrected chi connectivity index (χ3v) is 3.30. The first-order valence-corrected chi connectivity index (χ1v) is 6.33. The molecule has 18 heavy (non-hydrogen) atoms. The van der Waals surface area contributed by atoms with Crippen molar-refractivity contribution >= 4 is 0 Å². The van der Waals surface area contributed by atoms with Crippen LogP contribution in [0, 0.1) is 5.92 Å². The number of nitrogens with zero attached hydrogens (tertiary/aromatic N) is 2. The summed E-state index contributed by atoms with van der Waals surface area (Å²) in [5, 5.41) is 4.00. The topological polar surface area (TPSA) is 83.4 Å². The van der Waals surface area contributed by atoms with Gasteiger partial charge in [0.1, 0.15) is 6.10 Å². The summed E-state index contributed by atoms with van der Waals surface area (Å²) in [6.07, 6.45) is 0.670. The maximum absolute atomic E-state index is 6.05. The molecule has 0 spiro atoms. The fraction of sp³-hybridized carbons (Fsp3) is 0.833. The molecule has 1 aliphatic rings. The lowest BCUT2D eigenvalue weighted by Crippen LogP contribution is -2.37. The van der Waals surface area contributed by atoms with Gasteiger partial charge >= 0.3 is 0 Å². The zero-order chi connectivity index (χ0) is 13.1. The van der Waals surface area contributed by atoms with E-state index in [1.54, 1.807) is 7.11 Å². The predicted octanol–water partition coefficient (Wildman–Crippen LogP) is 1.24. The first-order chi connectivity index (χ1) is 8.63. The quantitative estimate of drug-likeness (QED) is 0.871. The highest BCUT2D eigenvalue weighted by molar-refractivity contribution is 5.02. The van der Waals surface area contributed by atoms with Crippen molar-refractivity contribution in [3.63, 3.8) is 0 Å². The molecule has 6 nitrogen and oxygen atoms in total. The fourth-order valence-corrected chi connectivity index (χ4v) is 2.20. The van der Waals surface area contributed by atoms with Gasteiger partial charge in [-0.15, -0.1) is 0 Å². The van der Waals surface area contributed by atoms with Gasteiger partial charge in [-0.25, -0.2) is 0 Å². The summed E-state index contributed by atoms with van der Waals surface area (Å²) < 4.78 is 16.1. The molecule has 1 aromatic rings. The van der Waals surface area contributed by atoms with E-state index in [-0.39, 0.29) is 24.0 Å². The lowest BCUT2D eigenvalue weighted by molar-refractivity contribution is 0.0553. The minimum Gasteiger partial charge on any atom is -0.381 e. The van der Waals surface area contributed by atoms with Crippen molar-refractivity contribution < 1.29 is 14.0 Å². The summed E-state index contributed by atoms with van der Waals surface area (Å²) in [6, 6.07) is 0.0205. The van der Waals surface area contributed by atoms with Crippen LogP contribution < -0.4 is 5.73 Å². The Hall–Kier alpha value is -0.980. The number of hydrogen-bond acceptors (Lipinski definition) is 6. The predicted molar refractivity (Wildman–Crippen MR) is 65.0 cm³/mol. The van der Waals surface area contributed by atoms with Crippen molar-refractivity contribution in [3.8, 4) is 0 Å². The van der Waals surface area contributed by atoms with Crippen molar-refractivity contribution in [2.45, 2.75) is 38.3 Å². The SMILES string of the molecule is COC(c1noc(C2COCCC2N)n1)C(C)C. The van der Waals surface area contributed by atoms with Gasteiger partial charge in [0.15, 0.2) is 0 Å². The van der Waals surface area contributed by atoms with E-state index in [0.717, 1.165) is 6.42 Å². The van der Waals surface area contributed by atoms with Crippen molar-refractivity contribution in [2.24, 2.45) is 11.7 Å². The highest BCUT2D eigenvalue weighted by Crippen LogP contribution is 2.27. The van der Waals surface area contributed by atoms with Gasteiger partial charge in [0.05, 0.1) is 12.5 Å². The van der Waals surface area contributed by atoms with Gasteiger partial charge in [-0.05, 0) is 12.3 Å². The number of nitrogens with two attached hydrogens (primary N) is 1. The van der Waals surface area contributed by atoms with Crippen LogP contribution >= 0.6 is 0 Å². The normalized spacial score (nSPS) is 26.5. The van der Waals surface area contributed by atoms with E-state index in [4.69, 9.17) is 19.7 Å². The fourth-order valence-electron chi connectivity index (χ4n) is 2.20. The number of hydrogen-bond donors (Lipinski definition) is 1. The molecule has 0 radical (unpaired) electrons. The van der Waals surface area contributed by atoms with Crippen LogP contribution in [0.25, 0.3) is 0 Å². The van der Waals surface area contributed by atoms with E-state index < -0.39 is 0 Å². The van der Waals surface area contributed by atoms with Crippen LogP contribution in [0.15, 0.2) is 4.52 Å². The molecular weight excluding hydrogens is 234 g/mol. The monoisotopic (exact) mass is 255 g/mol. The van der Waals surface area contributed by atoms with Gasteiger partial charge in [0, 0.05) is 19.8 Å². The molecule has 2 heterocycles. The van der Waals surface area contributed by atoms with Gasteiger partial charge in [-0.1, -0.05) is 19.0 Å². The van der Waals surface area contributed by atoms with E-state index in [1.807, 2.05) is 0 Å². The number of methoxy groups -OCH3 is 1. The molecule has 3 atom stereocenters. The summed E-state index contributed by atoms with van der Waals surface area (Å²) in [5.41, 5.74) is 6.05. The molecule has 1 aliphatic heterocycles. The Labute approximate surface area is 107 Å². The van der Waals surface area contributed by atoms with Gasteiger partial charge < -0.3 is 19.7 Å². The van der Waals surface area contributed by atoms with Gasteiger partial charge in [0.2, 0.25) is 11.7 Å². The van der Waals surface area contributed by atoms with E-state index in [9.17, 15) is 0 Å². The summed E-state index contributed by atoms with van der Waals surface area (Å²) in [7, 11) is 1.65. The minimum atomic E-state index is -0.150. The molecule has 0 aromatic carbocycles. The first kappa shape index (κ1) is 13.5. The summed E-state index contributed by atoms with van der Waals surface area (Å²) in [6.45, 7) is 5.35. The van der Waals surface area contributed by atoms with Crippen LogP contribution in [-0.4, -0.2) is 36.5 Å². The maximum Gasteiger partial charge on any atom is 0.233 e. The van der Waals surface area contributed by atoms with Gasteiger partial charge in [0.25, 0.3) is 0 Å².